The van der Waals surface area contributed by atoms with Crippen LogP contribution in [0.3, 0.4) is 0 Å². The highest BCUT2D eigenvalue weighted by atomic mass is 16.2. The van der Waals surface area contributed by atoms with Crippen molar-refractivity contribution >= 4 is 11.8 Å². The molecule has 70 valence electrons. The van der Waals surface area contributed by atoms with E-state index in [0.29, 0.717) is 19.4 Å². The first kappa shape index (κ1) is 10.9. The van der Waals surface area contributed by atoms with Crippen LogP contribution in [-0.2, 0) is 9.59 Å². The summed E-state index contributed by atoms with van der Waals surface area (Å²) in [4.78, 5) is 21.5. The minimum atomic E-state index is -0.198. The molecule has 0 spiro atoms. The van der Waals surface area contributed by atoms with Gasteiger partial charge in [0, 0.05) is 13.5 Å². The van der Waals surface area contributed by atoms with Gasteiger partial charge in [-0.05, 0) is 13.0 Å². The van der Waals surface area contributed by atoms with Crippen molar-refractivity contribution in [2.24, 2.45) is 5.73 Å². The maximum atomic E-state index is 10.9. The molecule has 0 aromatic heterocycles. The number of amides is 2. The quantitative estimate of drug-likeness (QED) is 0.477. The van der Waals surface area contributed by atoms with Gasteiger partial charge in [-0.2, -0.15) is 0 Å². The van der Waals surface area contributed by atoms with Crippen LogP contribution < -0.4 is 16.4 Å². The Morgan fingerprint density at radius 2 is 2.00 bits per heavy atom. The summed E-state index contributed by atoms with van der Waals surface area (Å²) in [6.45, 7) is 0.535. The zero-order chi connectivity index (χ0) is 9.40. The van der Waals surface area contributed by atoms with Gasteiger partial charge in [-0.1, -0.05) is 0 Å². The molecule has 12 heavy (non-hydrogen) atoms. The highest BCUT2D eigenvalue weighted by Crippen LogP contribution is 1.84. The van der Waals surface area contributed by atoms with Gasteiger partial charge >= 0.3 is 0 Å². The average molecular weight is 173 g/mol. The Hall–Kier alpha value is -1.10. The van der Waals surface area contributed by atoms with Crippen molar-refractivity contribution in [3.63, 3.8) is 0 Å². The van der Waals surface area contributed by atoms with Crippen LogP contribution in [0.5, 0.6) is 0 Å². The number of carbonyl (C=O) groups is 2. The summed E-state index contributed by atoms with van der Waals surface area (Å²) in [5.41, 5.74) is 5.20. The number of rotatable bonds is 5. The highest BCUT2D eigenvalue weighted by Gasteiger charge is 2.01. The summed E-state index contributed by atoms with van der Waals surface area (Å²) in [5, 5.41) is 4.86. The molecule has 5 nitrogen and oxygen atoms in total. The molecule has 0 aromatic carbocycles. The summed E-state index contributed by atoms with van der Waals surface area (Å²) in [7, 11) is 1.52. The van der Waals surface area contributed by atoms with Gasteiger partial charge in [-0.15, -0.1) is 0 Å². The molecule has 0 rings (SSSR count). The van der Waals surface area contributed by atoms with Gasteiger partial charge in [0.25, 0.3) is 0 Å². The standard InChI is InChI=1S/C7H15N3O2/c1-9-7(12)5-10-6(11)3-2-4-8/h2-5,8H2,1H3,(H,9,12)(H,10,11). The largest absolute Gasteiger partial charge is 0.358 e. The second kappa shape index (κ2) is 6.60. The Kier molecular flexibility index (Phi) is 6.00. The van der Waals surface area contributed by atoms with E-state index in [1.807, 2.05) is 0 Å². The summed E-state index contributed by atoms with van der Waals surface area (Å²) >= 11 is 0. The van der Waals surface area contributed by atoms with Crippen LogP contribution in [0.15, 0.2) is 0 Å². The number of nitrogens with one attached hydrogen (secondary N) is 2. The second-order valence-corrected chi connectivity index (χ2v) is 2.34. The van der Waals surface area contributed by atoms with E-state index >= 15 is 0 Å². The molecule has 0 saturated heterocycles. The van der Waals surface area contributed by atoms with E-state index < -0.39 is 0 Å². The molecule has 0 aromatic rings. The van der Waals surface area contributed by atoms with Crippen LogP contribution in [0.2, 0.25) is 0 Å². The van der Waals surface area contributed by atoms with E-state index in [-0.39, 0.29) is 18.4 Å². The molecule has 0 aliphatic carbocycles. The fourth-order valence-corrected chi connectivity index (χ4v) is 0.618. The van der Waals surface area contributed by atoms with Crippen molar-refractivity contribution in [3.8, 4) is 0 Å². The summed E-state index contributed by atoms with van der Waals surface area (Å²) < 4.78 is 0. The molecule has 4 N–H and O–H groups in total. The van der Waals surface area contributed by atoms with Crippen molar-refractivity contribution in [3.05, 3.63) is 0 Å². The van der Waals surface area contributed by atoms with E-state index in [9.17, 15) is 9.59 Å². The number of hydrogen-bond acceptors (Lipinski definition) is 3. The predicted octanol–water partition coefficient (Wildman–Crippen LogP) is -1.41. The van der Waals surface area contributed by atoms with E-state index in [0.717, 1.165) is 0 Å². The van der Waals surface area contributed by atoms with Crippen LogP contribution in [0.4, 0.5) is 0 Å². The SMILES string of the molecule is CNC(=O)CNC(=O)CCCN. The van der Waals surface area contributed by atoms with Crippen molar-refractivity contribution < 1.29 is 9.59 Å². The third-order valence-electron chi connectivity index (χ3n) is 1.33. The second-order valence-electron chi connectivity index (χ2n) is 2.34. The van der Waals surface area contributed by atoms with Gasteiger partial charge in [0.15, 0.2) is 0 Å². The minimum absolute atomic E-state index is 0.0416. The van der Waals surface area contributed by atoms with E-state index in [4.69, 9.17) is 5.73 Å². The molecule has 0 aliphatic heterocycles. The monoisotopic (exact) mass is 173 g/mol. The van der Waals surface area contributed by atoms with Crippen molar-refractivity contribution in [1.82, 2.24) is 10.6 Å². The van der Waals surface area contributed by atoms with Crippen molar-refractivity contribution in [1.29, 1.82) is 0 Å². The molecule has 2 amide bonds. The summed E-state index contributed by atoms with van der Waals surface area (Å²) in [6.07, 6.45) is 1.03. The first-order valence-electron chi connectivity index (χ1n) is 3.88. The van der Waals surface area contributed by atoms with Gasteiger partial charge in [0.1, 0.15) is 0 Å². The first-order valence-corrected chi connectivity index (χ1v) is 3.88. The Labute approximate surface area is 71.7 Å². The lowest BCUT2D eigenvalue weighted by atomic mass is 10.3. The maximum Gasteiger partial charge on any atom is 0.239 e. The Morgan fingerprint density at radius 1 is 1.33 bits per heavy atom. The number of nitrogens with two attached hydrogens (primary N) is 1. The molecule has 0 bridgehead atoms. The topological polar surface area (TPSA) is 84.2 Å². The molecule has 0 saturated carbocycles. The molecule has 0 unspecified atom stereocenters. The fraction of sp³-hybridized carbons (Fsp3) is 0.714. The van der Waals surface area contributed by atoms with Crippen molar-refractivity contribution in [2.45, 2.75) is 12.8 Å². The molecule has 0 heterocycles. The van der Waals surface area contributed by atoms with E-state index in [1.54, 1.807) is 0 Å². The minimum Gasteiger partial charge on any atom is -0.358 e. The smallest absolute Gasteiger partial charge is 0.239 e. The average Bonchev–Trinajstić information content (AvgIpc) is 2.10. The highest BCUT2D eigenvalue weighted by molar-refractivity contribution is 5.84. The van der Waals surface area contributed by atoms with Gasteiger partial charge in [0.05, 0.1) is 6.54 Å². The molecule has 0 aliphatic rings. The van der Waals surface area contributed by atoms with Gasteiger partial charge in [0.2, 0.25) is 11.8 Å². The number of likely N-dealkylation sites (N-methyl/N-ethyl adjacent to an activating group) is 1. The van der Waals surface area contributed by atoms with Crippen LogP contribution in [0, 0.1) is 0 Å². The Bertz CT molecular complexity index is 159. The molecular formula is C7H15N3O2. The summed E-state index contributed by atoms with van der Waals surface area (Å²) in [6, 6.07) is 0. The normalized spacial score (nSPS) is 9.17. The lowest BCUT2D eigenvalue weighted by molar-refractivity contribution is -0.125. The Balaban J connectivity index is 3.37. The lowest BCUT2D eigenvalue weighted by Gasteiger charge is -2.02. The van der Waals surface area contributed by atoms with Crippen molar-refractivity contribution in [2.75, 3.05) is 20.1 Å². The van der Waals surface area contributed by atoms with Crippen LogP contribution in [-0.4, -0.2) is 32.0 Å². The Morgan fingerprint density at radius 3 is 2.50 bits per heavy atom. The van der Waals surface area contributed by atoms with Crippen LogP contribution in [0.1, 0.15) is 12.8 Å². The van der Waals surface area contributed by atoms with Gasteiger partial charge < -0.3 is 16.4 Å². The number of carbonyl (C=O) groups excluding carboxylic acids is 2. The third kappa shape index (κ3) is 5.67. The van der Waals surface area contributed by atoms with Gasteiger partial charge in [-0.25, -0.2) is 0 Å². The molecule has 0 radical (unpaired) electrons. The zero-order valence-electron chi connectivity index (χ0n) is 7.22. The molecule has 0 atom stereocenters. The molecule has 0 fully saturated rings. The van der Waals surface area contributed by atoms with E-state index in [1.165, 1.54) is 7.05 Å². The summed E-state index contributed by atoms with van der Waals surface area (Å²) in [5.74, 6) is -0.333. The number of hydrogen-bond donors (Lipinski definition) is 3. The molecule has 5 heteroatoms. The first-order chi connectivity index (χ1) is 5.70. The van der Waals surface area contributed by atoms with Crippen LogP contribution >= 0.6 is 0 Å². The van der Waals surface area contributed by atoms with Gasteiger partial charge in [-0.3, -0.25) is 9.59 Å². The zero-order valence-corrected chi connectivity index (χ0v) is 7.22. The maximum absolute atomic E-state index is 10.9. The lowest BCUT2D eigenvalue weighted by Crippen LogP contribution is -2.35. The van der Waals surface area contributed by atoms with E-state index in [2.05, 4.69) is 10.6 Å². The van der Waals surface area contributed by atoms with Crippen LogP contribution in [0.25, 0.3) is 0 Å². The third-order valence-corrected chi connectivity index (χ3v) is 1.33. The molecular weight excluding hydrogens is 158 g/mol. The fourth-order valence-electron chi connectivity index (χ4n) is 0.618. The predicted molar refractivity (Wildman–Crippen MR) is 45.4 cm³/mol.